The molecule has 2 heteroatoms. The van der Waals surface area contributed by atoms with E-state index >= 15 is 0 Å². The lowest BCUT2D eigenvalue weighted by Gasteiger charge is -2.14. The van der Waals surface area contributed by atoms with Crippen LogP contribution in [0.3, 0.4) is 0 Å². The van der Waals surface area contributed by atoms with E-state index < -0.39 is 0 Å². The fraction of sp³-hybridized carbons (Fsp3) is 0.727. The molecule has 0 rings (SSSR count). The molecule has 0 aliphatic carbocycles. The summed E-state index contributed by atoms with van der Waals surface area (Å²) in [4.78, 5) is 9.73. The zero-order valence-corrected chi connectivity index (χ0v) is 18.4. The molecule has 0 saturated carbocycles. The molecule has 0 atom stereocenters. The summed E-state index contributed by atoms with van der Waals surface area (Å²) < 4.78 is 0. The van der Waals surface area contributed by atoms with Gasteiger partial charge in [0, 0.05) is 11.4 Å². The van der Waals surface area contributed by atoms with E-state index in [0.29, 0.717) is 23.7 Å². The second-order valence-electron chi connectivity index (χ2n) is 7.33. The van der Waals surface area contributed by atoms with Crippen molar-refractivity contribution < 1.29 is 0 Å². The first-order valence-electron chi connectivity index (χ1n) is 9.58. The summed E-state index contributed by atoms with van der Waals surface area (Å²) in [7, 11) is 0. The number of nitrogens with zero attached hydrogens (tertiary/aromatic N) is 2. The van der Waals surface area contributed by atoms with Gasteiger partial charge in [0.2, 0.25) is 0 Å². The Morgan fingerprint density at radius 3 is 1.54 bits per heavy atom. The van der Waals surface area contributed by atoms with Gasteiger partial charge in [0.25, 0.3) is 0 Å². The van der Waals surface area contributed by atoms with Crippen LogP contribution in [-0.2, 0) is 0 Å². The molecule has 0 aliphatic heterocycles. The van der Waals surface area contributed by atoms with Gasteiger partial charge in [-0.2, -0.15) is 0 Å². The van der Waals surface area contributed by atoms with Crippen LogP contribution in [0, 0.1) is 23.7 Å². The van der Waals surface area contributed by atoms with E-state index in [9.17, 15) is 0 Å². The Labute approximate surface area is 152 Å². The molecule has 0 aromatic heterocycles. The third-order valence-corrected chi connectivity index (χ3v) is 3.59. The van der Waals surface area contributed by atoms with Crippen LogP contribution in [0.4, 0.5) is 0 Å². The highest BCUT2D eigenvalue weighted by atomic mass is 14.8. The Morgan fingerprint density at radius 2 is 1.21 bits per heavy atom. The molecule has 140 valence electrons. The second-order valence-corrected chi connectivity index (χ2v) is 7.33. The van der Waals surface area contributed by atoms with Gasteiger partial charge < -0.3 is 0 Å². The first-order valence-corrected chi connectivity index (χ1v) is 9.58. The van der Waals surface area contributed by atoms with Crippen LogP contribution in [0.2, 0.25) is 0 Å². The number of rotatable bonds is 7. The summed E-state index contributed by atoms with van der Waals surface area (Å²) in [6.45, 7) is 25.7. The standard InChI is InChI=1S/C20H36N2.C2H6/c1-13(2)11-12-19(15(5)6)21-18(10)20(16(7)8)22-17(9)14(3)4;1-2/h11-16H,1-10H3;1-2H3/b12-11-,20-18+,21-19+,22-17?;. The number of hydrogen-bond acceptors (Lipinski definition) is 2. The van der Waals surface area contributed by atoms with Crippen LogP contribution in [0.5, 0.6) is 0 Å². The Bertz CT molecular complexity index is 458. The van der Waals surface area contributed by atoms with Gasteiger partial charge in [-0.1, -0.05) is 75.3 Å². The number of aliphatic imine (C=N–C) groups is 2. The third kappa shape index (κ3) is 10.6. The lowest BCUT2D eigenvalue weighted by molar-refractivity contribution is 0.735. The Morgan fingerprint density at radius 1 is 0.708 bits per heavy atom. The van der Waals surface area contributed by atoms with Gasteiger partial charge in [-0.15, -0.1) is 0 Å². The zero-order valence-electron chi connectivity index (χ0n) is 18.4. The highest BCUT2D eigenvalue weighted by Crippen LogP contribution is 2.20. The van der Waals surface area contributed by atoms with Crippen molar-refractivity contribution >= 4 is 11.4 Å². The molecule has 0 spiro atoms. The van der Waals surface area contributed by atoms with Gasteiger partial charge in [0.1, 0.15) is 0 Å². The van der Waals surface area contributed by atoms with E-state index in [1.165, 1.54) is 5.71 Å². The summed E-state index contributed by atoms with van der Waals surface area (Å²) in [6, 6.07) is 0. The van der Waals surface area contributed by atoms with Crippen molar-refractivity contribution in [1.82, 2.24) is 0 Å². The molecular formula is C22H42N2. The third-order valence-electron chi connectivity index (χ3n) is 3.59. The minimum absolute atomic E-state index is 0.375. The maximum atomic E-state index is 4.88. The first kappa shape index (κ1) is 25.1. The molecule has 0 fully saturated rings. The SMILES string of the molecule is CC.CC(=N/C(=C(C)/N=C(\C=C/C(C)C)C(C)C)C(C)C)C(C)C. The fourth-order valence-electron chi connectivity index (χ4n) is 1.85. The summed E-state index contributed by atoms with van der Waals surface area (Å²) in [6.07, 6.45) is 4.37. The predicted octanol–water partition coefficient (Wildman–Crippen LogP) is 7.33. The van der Waals surface area contributed by atoms with Crippen molar-refractivity contribution in [1.29, 1.82) is 0 Å². The normalized spacial score (nSPS) is 14.7. The quantitative estimate of drug-likeness (QED) is 0.435. The van der Waals surface area contributed by atoms with Crippen molar-refractivity contribution in [2.75, 3.05) is 0 Å². The van der Waals surface area contributed by atoms with E-state index in [0.717, 1.165) is 17.1 Å². The van der Waals surface area contributed by atoms with Gasteiger partial charge in [-0.3, -0.25) is 9.98 Å². The molecule has 0 aliphatic rings. The lowest BCUT2D eigenvalue weighted by atomic mass is 10.0. The van der Waals surface area contributed by atoms with Crippen molar-refractivity contribution in [3.05, 3.63) is 23.5 Å². The highest BCUT2D eigenvalue weighted by molar-refractivity contribution is 5.97. The van der Waals surface area contributed by atoms with E-state index in [-0.39, 0.29) is 0 Å². The van der Waals surface area contributed by atoms with Gasteiger partial charge >= 0.3 is 0 Å². The molecule has 0 N–H and O–H groups in total. The molecule has 24 heavy (non-hydrogen) atoms. The van der Waals surface area contributed by atoms with Crippen LogP contribution < -0.4 is 0 Å². The fourth-order valence-corrected chi connectivity index (χ4v) is 1.85. The minimum Gasteiger partial charge on any atom is -0.260 e. The molecule has 0 saturated heterocycles. The molecule has 2 nitrogen and oxygen atoms in total. The monoisotopic (exact) mass is 334 g/mol. The average molecular weight is 335 g/mol. The largest absolute Gasteiger partial charge is 0.260 e. The van der Waals surface area contributed by atoms with Crippen molar-refractivity contribution in [2.24, 2.45) is 33.7 Å². The predicted molar refractivity (Wildman–Crippen MR) is 113 cm³/mol. The Hall–Kier alpha value is -1.18. The summed E-state index contributed by atoms with van der Waals surface area (Å²) in [5.74, 6) is 1.79. The first-order chi connectivity index (χ1) is 11.1. The van der Waals surface area contributed by atoms with Crippen LogP contribution in [0.25, 0.3) is 0 Å². The second kappa shape index (κ2) is 13.1. The van der Waals surface area contributed by atoms with Crippen LogP contribution >= 0.6 is 0 Å². The number of allylic oxidation sites excluding steroid dienone is 4. The maximum absolute atomic E-state index is 4.88. The van der Waals surface area contributed by atoms with Gasteiger partial charge in [0.05, 0.1) is 11.4 Å². The molecule has 0 heterocycles. The molecule has 0 amide bonds. The smallest absolute Gasteiger partial charge is 0.0640 e. The lowest BCUT2D eigenvalue weighted by Crippen LogP contribution is -2.08. The van der Waals surface area contributed by atoms with Gasteiger partial charge in [-0.05, 0) is 43.6 Å². The van der Waals surface area contributed by atoms with E-state index in [2.05, 4.69) is 81.4 Å². The summed E-state index contributed by atoms with van der Waals surface area (Å²) >= 11 is 0. The van der Waals surface area contributed by atoms with Crippen molar-refractivity contribution in [2.45, 2.75) is 83.1 Å². The van der Waals surface area contributed by atoms with E-state index in [4.69, 9.17) is 9.98 Å². The Kier molecular flexibility index (Phi) is 13.7. The van der Waals surface area contributed by atoms with Crippen LogP contribution in [0.1, 0.15) is 83.1 Å². The van der Waals surface area contributed by atoms with Gasteiger partial charge in [-0.25, -0.2) is 0 Å². The van der Waals surface area contributed by atoms with Crippen LogP contribution in [-0.4, -0.2) is 11.4 Å². The topological polar surface area (TPSA) is 24.7 Å². The highest BCUT2D eigenvalue weighted by Gasteiger charge is 2.10. The van der Waals surface area contributed by atoms with Crippen LogP contribution in [0.15, 0.2) is 33.5 Å². The molecular weight excluding hydrogens is 292 g/mol. The van der Waals surface area contributed by atoms with Gasteiger partial charge in [0.15, 0.2) is 0 Å². The Balaban J connectivity index is 0. The maximum Gasteiger partial charge on any atom is 0.0640 e. The zero-order chi connectivity index (χ0) is 19.4. The minimum atomic E-state index is 0.375. The molecule has 0 unspecified atom stereocenters. The van der Waals surface area contributed by atoms with Crippen molar-refractivity contribution in [3.63, 3.8) is 0 Å². The summed E-state index contributed by atoms with van der Waals surface area (Å²) in [5, 5.41) is 0. The van der Waals surface area contributed by atoms with Crippen molar-refractivity contribution in [3.8, 4) is 0 Å². The summed E-state index contributed by atoms with van der Waals surface area (Å²) in [5.41, 5.74) is 4.43. The molecule has 0 aromatic carbocycles. The number of hydrogen-bond donors (Lipinski definition) is 0. The molecule has 0 radical (unpaired) electrons. The van der Waals surface area contributed by atoms with E-state index in [1.807, 2.05) is 13.8 Å². The molecule has 0 bridgehead atoms. The van der Waals surface area contributed by atoms with E-state index in [1.54, 1.807) is 0 Å². The average Bonchev–Trinajstić information content (AvgIpc) is 2.49. The molecule has 0 aromatic rings.